The van der Waals surface area contributed by atoms with Crippen molar-refractivity contribution in [1.29, 1.82) is 0 Å². The van der Waals surface area contributed by atoms with Gasteiger partial charge in [-0.25, -0.2) is 8.78 Å². The van der Waals surface area contributed by atoms with Gasteiger partial charge in [0.2, 0.25) is 0 Å². The number of hydrogen-bond acceptors (Lipinski definition) is 2. The van der Waals surface area contributed by atoms with Crippen molar-refractivity contribution < 1.29 is 13.0 Å². The molecule has 0 aliphatic heterocycles. The molecule has 2 unspecified atom stereocenters. The summed E-state index contributed by atoms with van der Waals surface area (Å²) in [6.07, 6.45) is 0.643. The third-order valence-electron chi connectivity index (χ3n) is 2.25. The smallest absolute Gasteiger partial charge is 0.126 e. The highest BCUT2D eigenvalue weighted by atomic mass is 32.2. The minimum atomic E-state index is -1.15. The standard InChI is InChI=1S/C11H15F2NOS/c1-8(2-3-14)16(15)7-9-4-10(12)6-11(13)5-9/h4-6,8H,2-3,7,14H2,1H3. The summed E-state index contributed by atoms with van der Waals surface area (Å²) in [7, 11) is -1.15. The van der Waals surface area contributed by atoms with Crippen LogP contribution in [0, 0.1) is 11.6 Å². The van der Waals surface area contributed by atoms with Crippen molar-refractivity contribution in [2.24, 2.45) is 5.73 Å². The molecular weight excluding hydrogens is 232 g/mol. The second-order valence-corrected chi connectivity index (χ2v) is 5.55. The van der Waals surface area contributed by atoms with Crippen LogP contribution in [0.15, 0.2) is 18.2 Å². The Bertz CT molecular complexity index is 364. The quantitative estimate of drug-likeness (QED) is 0.864. The Morgan fingerprint density at radius 3 is 2.38 bits per heavy atom. The van der Waals surface area contributed by atoms with Gasteiger partial charge >= 0.3 is 0 Å². The van der Waals surface area contributed by atoms with Crippen LogP contribution in [-0.4, -0.2) is 16.0 Å². The number of nitrogens with two attached hydrogens (primary N) is 1. The Balaban J connectivity index is 2.69. The molecule has 0 aliphatic rings. The summed E-state index contributed by atoms with van der Waals surface area (Å²) in [6.45, 7) is 2.28. The fourth-order valence-corrected chi connectivity index (χ4v) is 2.55. The molecule has 16 heavy (non-hydrogen) atoms. The molecule has 1 aromatic rings. The SMILES string of the molecule is CC(CCN)S(=O)Cc1cc(F)cc(F)c1. The van der Waals surface area contributed by atoms with E-state index in [-0.39, 0.29) is 11.0 Å². The molecule has 0 heterocycles. The van der Waals surface area contributed by atoms with E-state index in [4.69, 9.17) is 5.73 Å². The fraction of sp³-hybridized carbons (Fsp3) is 0.455. The van der Waals surface area contributed by atoms with E-state index in [0.717, 1.165) is 6.07 Å². The van der Waals surface area contributed by atoms with E-state index in [1.54, 1.807) is 0 Å². The minimum Gasteiger partial charge on any atom is -0.330 e. The van der Waals surface area contributed by atoms with Crippen molar-refractivity contribution in [3.63, 3.8) is 0 Å². The molecule has 0 radical (unpaired) electrons. The van der Waals surface area contributed by atoms with Crippen LogP contribution in [-0.2, 0) is 16.6 Å². The van der Waals surface area contributed by atoms with E-state index >= 15 is 0 Å². The van der Waals surface area contributed by atoms with Crippen LogP contribution < -0.4 is 5.73 Å². The first-order chi connectivity index (χ1) is 7.52. The zero-order valence-electron chi connectivity index (χ0n) is 9.08. The first-order valence-corrected chi connectivity index (χ1v) is 6.43. The zero-order valence-corrected chi connectivity index (χ0v) is 9.90. The van der Waals surface area contributed by atoms with E-state index in [1.165, 1.54) is 12.1 Å². The second-order valence-electron chi connectivity index (χ2n) is 3.69. The Kier molecular flexibility index (Phi) is 5.02. The van der Waals surface area contributed by atoms with Gasteiger partial charge in [0.25, 0.3) is 0 Å². The average Bonchev–Trinajstić information content (AvgIpc) is 2.16. The molecule has 2 nitrogen and oxygen atoms in total. The number of halogens is 2. The molecule has 2 N–H and O–H groups in total. The predicted molar refractivity (Wildman–Crippen MR) is 61.3 cm³/mol. The monoisotopic (exact) mass is 247 g/mol. The van der Waals surface area contributed by atoms with Crippen molar-refractivity contribution in [1.82, 2.24) is 0 Å². The molecular formula is C11H15F2NOS. The predicted octanol–water partition coefficient (Wildman–Crippen LogP) is 1.95. The van der Waals surface area contributed by atoms with Crippen LogP contribution in [0.5, 0.6) is 0 Å². The molecule has 1 rings (SSSR count). The average molecular weight is 247 g/mol. The van der Waals surface area contributed by atoms with E-state index in [0.29, 0.717) is 18.5 Å². The van der Waals surface area contributed by atoms with Gasteiger partial charge in [-0.3, -0.25) is 4.21 Å². The van der Waals surface area contributed by atoms with E-state index in [1.807, 2.05) is 6.92 Å². The maximum atomic E-state index is 12.9. The third kappa shape index (κ3) is 3.98. The molecule has 0 bridgehead atoms. The highest BCUT2D eigenvalue weighted by molar-refractivity contribution is 7.84. The Labute approximate surface area is 96.3 Å². The summed E-state index contributed by atoms with van der Waals surface area (Å²) in [5, 5.41) is -0.0590. The van der Waals surface area contributed by atoms with Gasteiger partial charge in [0.05, 0.1) is 0 Å². The molecule has 0 aliphatic carbocycles. The van der Waals surface area contributed by atoms with Crippen LogP contribution >= 0.6 is 0 Å². The van der Waals surface area contributed by atoms with Crippen LogP contribution in [0.2, 0.25) is 0 Å². The molecule has 0 amide bonds. The van der Waals surface area contributed by atoms with E-state index < -0.39 is 22.4 Å². The van der Waals surface area contributed by atoms with Gasteiger partial charge < -0.3 is 5.73 Å². The summed E-state index contributed by atoms with van der Waals surface area (Å²) in [5.41, 5.74) is 5.77. The maximum Gasteiger partial charge on any atom is 0.126 e. The van der Waals surface area contributed by atoms with Crippen molar-refractivity contribution in [2.45, 2.75) is 24.3 Å². The van der Waals surface area contributed by atoms with E-state index in [9.17, 15) is 13.0 Å². The molecule has 0 saturated carbocycles. The van der Waals surface area contributed by atoms with Gasteiger partial charge in [0.15, 0.2) is 0 Å². The lowest BCUT2D eigenvalue weighted by atomic mass is 10.2. The van der Waals surface area contributed by atoms with Gasteiger partial charge in [-0.2, -0.15) is 0 Å². The maximum absolute atomic E-state index is 12.9. The van der Waals surface area contributed by atoms with Crippen LogP contribution in [0.3, 0.4) is 0 Å². The number of rotatable bonds is 5. The summed E-state index contributed by atoms with van der Waals surface area (Å²) in [5.74, 6) is -1.12. The normalized spacial score (nSPS) is 14.8. The first kappa shape index (κ1) is 13.3. The molecule has 1 aromatic carbocycles. The summed E-state index contributed by atoms with van der Waals surface area (Å²) in [6, 6.07) is 3.21. The molecule has 0 aromatic heterocycles. The van der Waals surface area contributed by atoms with Gasteiger partial charge in [-0.15, -0.1) is 0 Å². The molecule has 90 valence electrons. The van der Waals surface area contributed by atoms with Crippen LogP contribution in [0.4, 0.5) is 8.78 Å². The fourth-order valence-electron chi connectivity index (χ4n) is 1.37. The Morgan fingerprint density at radius 2 is 1.88 bits per heavy atom. The molecule has 0 spiro atoms. The van der Waals surface area contributed by atoms with Gasteiger partial charge in [0.1, 0.15) is 11.6 Å². The van der Waals surface area contributed by atoms with Gasteiger partial charge in [-0.1, -0.05) is 6.92 Å². The van der Waals surface area contributed by atoms with Crippen LogP contribution in [0.25, 0.3) is 0 Å². The minimum absolute atomic E-state index is 0.0590. The highest BCUT2D eigenvalue weighted by Gasteiger charge is 2.11. The number of benzene rings is 1. The summed E-state index contributed by atoms with van der Waals surface area (Å²) < 4.78 is 37.5. The topological polar surface area (TPSA) is 43.1 Å². The lowest BCUT2D eigenvalue weighted by Gasteiger charge is -2.10. The van der Waals surface area contributed by atoms with Crippen molar-refractivity contribution in [3.8, 4) is 0 Å². The third-order valence-corrected chi connectivity index (χ3v) is 4.00. The first-order valence-electron chi connectivity index (χ1n) is 5.05. The Morgan fingerprint density at radius 1 is 1.31 bits per heavy atom. The summed E-state index contributed by atoms with van der Waals surface area (Å²) in [4.78, 5) is 0. The lowest BCUT2D eigenvalue weighted by Crippen LogP contribution is -2.17. The van der Waals surface area contributed by atoms with Crippen molar-refractivity contribution in [2.75, 3.05) is 6.54 Å². The summed E-state index contributed by atoms with van der Waals surface area (Å²) >= 11 is 0. The molecule has 0 saturated heterocycles. The Hall–Kier alpha value is -0.810. The highest BCUT2D eigenvalue weighted by Crippen LogP contribution is 2.13. The van der Waals surface area contributed by atoms with Gasteiger partial charge in [0, 0.05) is 27.9 Å². The zero-order chi connectivity index (χ0) is 12.1. The van der Waals surface area contributed by atoms with Crippen LogP contribution in [0.1, 0.15) is 18.9 Å². The molecule has 5 heteroatoms. The van der Waals surface area contributed by atoms with Crippen molar-refractivity contribution in [3.05, 3.63) is 35.4 Å². The second kappa shape index (κ2) is 6.06. The molecule has 0 fully saturated rings. The number of hydrogen-bond donors (Lipinski definition) is 1. The molecule has 2 atom stereocenters. The van der Waals surface area contributed by atoms with E-state index in [2.05, 4.69) is 0 Å². The van der Waals surface area contributed by atoms with Gasteiger partial charge in [-0.05, 0) is 30.7 Å². The lowest BCUT2D eigenvalue weighted by molar-refractivity contribution is 0.581. The van der Waals surface area contributed by atoms with Crippen molar-refractivity contribution >= 4 is 10.8 Å². The largest absolute Gasteiger partial charge is 0.330 e.